The van der Waals surface area contributed by atoms with Gasteiger partial charge in [-0.1, -0.05) is 32.0 Å². The van der Waals surface area contributed by atoms with Crippen LogP contribution in [0.1, 0.15) is 37.3 Å². The Hall–Kier alpha value is -2.83. The average Bonchev–Trinajstić information content (AvgIpc) is 2.62. The molecule has 0 unspecified atom stereocenters. The van der Waals surface area contributed by atoms with E-state index in [4.69, 9.17) is 4.74 Å². The van der Waals surface area contributed by atoms with Crippen molar-refractivity contribution in [2.45, 2.75) is 26.2 Å². The second-order valence-corrected chi connectivity index (χ2v) is 7.02. The zero-order valence-electron chi connectivity index (χ0n) is 15.4. The van der Waals surface area contributed by atoms with Crippen molar-refractivity contribution in [2.24, 2.45) is 20.0 Å². The Morgan fingerprint density at radius 1 is 1.15 bits per heavy atom. The first-order valence-corrected chi connectivity index (χ1v) is 8.62. The van der Waals surface area contributed by atoms with Crippen LogP contribution in [0.2, 0.25) is 0 Å². The number of aromatic nitrogens is 2. The second kappa shape index (κ2) is 6.82. The lowest BCUT2D eigenvalue weighted by Gasteiger charge is -2.28. The first-order valence-electron chi connectivity index (χ1n) is 8.62. The summed E-state index contributed by atoms with van der Waals surface area (Å²) >= 11 is 0. The van der Waals surface area contributed by atoms with E-state index in [0.717, 1.165) is 10.1 Å². The normalized spacial score (nSPS) is 16.3. The lowest BCUT2D eigenvalue weighted by Crippen LogP contribution is -2.44. The summed E-state index contributed by atoms with van der Waals surface area (Å²) in [5, 5.41) is 2.68. The highest BCUT2D eigenvalue weighted by molar-refractivity contribution is 5.94. The van der Waals surface area contributed by atoms with Crippen LogP contribution in [0.5, 0.6) is 5.75 Å². The maximum Gasteiger partial charge on any atom is 0.332 e. The molecule has 0 saturated carbocycles. The smallest absolute Gasteiger partial charge is 0.332 e. The van der Waals surface area contributed by atoms with Gasteiger partial charge < -0.3 is 10.1 Å². The summed E-state index contributed by atoms with van der Waals surface area (Å²) in [7, 11) is 2.99. The van der Waals surface area contributed by atoms with Gasteiger partial charge in [0.2, 0.25) is 5.91 Å². The number of para-hydroxylation sites is 1. The molecule has 2 heterocycles. The van der Waals surface area contributed by atoms with Gasteiger partial charge in [0, 0.05) is 32.0 Å². The van der Waals surface area contributed by atoms with Crippen LogP contribution in [-0.4, -0.2) is 21.6 Å². The molecule has 138 valence electrons. The molecule has 0 fully saturated rings. The van der Waals surface area contributed by atoms with E-state index in [-0.39, 0.29) is 18.1 Å². The number of anilines is 1. The Balaban J connectivity index is 2.20. The van der Waals surface area contributed by atoms with E-state index in [1.807, 2.05) is 24.3 Å². The molecule has 26 heavy (non-hydrogen) atoms. The third kappa shape index (κ3) is 3.05. The van der Waals surface area contributed by atoms with Crippen molar-refractivity contribution >= 4 is 11.7 Å². The van der Waals surface area contributed by atoms with Gasteiger partial charge in [-0.2, -0.15) is 0 Å². The van der Waals surface area contributed by atoms with Crippen molar-refractivity contribution in [1.29, 1.82) is 0 Å². The van der Waals surface area contributed by atoms with Crippen molar-refractivity contribution in [3.8, 4) is 5.75 Å². The standard InChI is InChI=1S/C19H23N3O4/c1-11(2)10-26-14-8-6-5-7-12(14)13-9-15(23)20-17-16(13)18(24)22(4)19(25)21(17)3/h5-8,11,13H,9-10H2,1-4H3,(H,20,23)/t13-/m1/s1. The fourth-order valence-corrected chi connectivity index (χ4v) is 3.23. The molecule has 1 aliphatic heterocycles. The van der Waals surface area contributed by atoms with E-state index in [0.29, 0.717) is 23.8 Å². The van der Waals surface area contributed by atoms with Gasteiger partial charge >= 0.3 is 5.69 Å². The second-order valence-electron chi connectivity index (χ2n) is 7.02. The maximum atomic E-state index is 12.8. The zero-order valence-corrected chi connectivity index (χ0v) is 15.4. The summed E-state index contributed by atoms with van der Waals surface area (Å²) < 4.78 is 8.29. The lowest BCUT2D eigenvalue weighted by molar-refractivity contribution is -0.116. The third-order valence-electron chi connectivity index (χ3n) is 4.56. The summed E-state index contributed by atoms with van der Waals surface area (Å²) in [5.41, 5.74) is 0.320. The number of nitrogens with zero attached hydrogens (tertiary/aromatic N) is 2. The molecule has 1 N–H and O–H groups in total. The van der Waals surface area contributed by atoms with Crippen LogP contribution < -0.4 is 21.3 Å². The zero-order chi connectivity index (χ0) is 19.0. The van der Waals surface area contributed by atoms with Gasteiger partial charge in [-0.15, -0.1) is 0 Å². The van der Waals surface area contributed by atoms with Crippen LogP contribution >= 0.6 is 0 Å². The summed E-state index contributed by atoms with van der Waals surface area (Å²) in [6, 6.07) is 7.43. The Kier molecular flexibility index (Phi) is 4.71. The molecule has 0 bridgehead atoms. The molecule has 0 aliphatic carbocycles. The Morgan fingerprint density at radius 3 is 2.54 bits per heavy atom. The van der Waals surface area contributed by atoms with E-state index < -0.39 is 17.2 Å². The summed E-state index contributed by atoms with van der Waals surface area (Å²) in [6.07, 6.45) is 0.127. The van der Waals surface area contributed by atoms with E-state index in [1.165, 1.54) is 11.6 Å². The predicted octanol–water partition coefficient (Wildman–Crippen LogP) is 1.59. The van der Waals surface area contributed by atoms with E-state index >= 15 is 0 Å². The van der Waals surface area contributed by atoms with Crippen molar-refractivity contribution in [3.63, 3.8) is 0 Å². The van der Waals surface area contributed by atoms with E-state index in [2.05, 4.69) is 19.2 Å². The number of rotatable bonds is 4. The number of fused-ring (bicyclic) bond motifs is 1. The van der Waals surface area contributed by atoms with Crippen molar-refractivity contribution in [2.75, 3.05) is 11.9 Å². The number of amides is 1. The number of ether oxygens (including phenoxy) is 1. The van der Waals surface area contributed by atoms with Crippen LogP contribution in [0.15, 0.2) is 33.9 Å². The largest absolute Gasteiger partial charge is 0.493 e. The van der Waals surface area contributed by atoms with Crippen molar-refractivity contribution in [3.05, 3.63) is 56.2 Å². The maximum absolute atomic E-state index is 12.8. The molecule has 1 amide bonds. The summed E-state index contributed by atoms with van der Waals surface area (Å²) in [6.45, 7) is 4.64. The Bertz CT molecular complexity index is 972. The highest BCUT2D eigenvalue weighted by Crippen LogP contribution is 2.38. The molecule has 1 atom stereocenters. The molecule has 0 spiro atoms. The molecule has 7 nitrogen and oxygen atoms in total. The Morgan fingerprint density at radius 2 is 1.85 bits per heavy atom. The van der Waals surface area contributed by atoms with Gasteiger partial charge in [-0.25, -0.2) is 4.79 Å². The van der Waals surface area contributed by atoms with Crippen LogP contribution in [0, 0.1) is 5.92 Å². The molecule has 1 aliphatic rings. The van der Waals surface area contributed by atoms with Crippen LogP contribution in [0.4, 0.5) is 5.82 Å². The van der Waals surface area contributed by atoms with Gasteiger partial charge in [-0.05, 0) is 12.0 Å². The number of carbonyl (C=O) groups excluding carboxylic acids is 1. The van der Waals surface area contributed by atoms with Gasteiger partial charge in [0.05, 0.1) is 12.2 Å². The van der Waals surface area contributed by atoms with E-state index in [1.54, 1.807) is 7.05 Å². The minimum absolute atomic E-state index is 0.127. The number of hydrogen-bond acceptors (Lipinski definition) is 4. The molecule has 0 saturated heterocycles. The first-order chi connectivity index (χ1) is 12.3. The average molecular weight is 357 g/mol. The number of benzene rings is 1. The van der Waals surface area contributed by atoms with Crippen molar-refractivity contribution < 1.29 is 9.53 Å². The Labute approximate surface area is 151 Å². The molecule has 0 radical (unpaired) electrons. The van der Waals surface area contributed by atoms with Crippen LogP contribution in [-0.2, 0) is 18.9 Å². The van der Waals surface area contributed by atoms with Crippen LogP contribution in [0.25, 0.3) is 0 Å². The highest BCUT2D eigenvalue weighted by atomic mass is 16.5. The number of carbonyl (C=O) groups is 1. The van der Waals surface area contributed by atoms with Gasteiger partial charge in [0.1, 0.15) is 11.6 Å². The summed E-state index contributed by atoms with van der Waals surface area (Å²) in [4.78, 5) is 37.3. The van der Waals surface area contributed by atoms with Gasteiger partial charge in [0.15, 0.2) is 0 Å². The molecule has 2 aromatic rings. The predicted molar refractivity (Wildman–Crippen MR) is 98.8 cm³/mol. The monoisotopic (exact) mass is 357 g/mol. The minimum Gasteiger partial charge on any atom is -0.493 e. The first kappa shape index (κ1) is 18.0. The molecule has 7 heteroatoms. The van der Waals surface area contributed by atoms with Crippen LogP contribution in [0.3, 0.4) is 0 Å². The topological polar surface area (TPSA) is 82.3 Å². The fourth-order valence-electron chi connectivity index (χ4n) is 3.23. The van der Waals surface area contributed by atoms with Gasteiger partial charge in [-0.3, -0.25) is 18.7 Å². The SMILES string of the molecule is CC(C)COc1ccccc1[C@H]1CC(=O)Nc2c1c(=O)n(C)c(=O)n2C. The fraction of sp³-hybridized carbons (Fsp3) is 0.421. The molecular formula is C19H23N3O4. The number of nitrogens with one attached hydrogen (secondary N) is 1. The van der Waals surface area contributed by atoms with E-state index in [9.17, 15) is 14.4 Å². The summed E-state index contributed by atoms with van der Waals surface area (Å²) in [5.74, 6) is 0.566. The minimum atomic E-state index is -0.473. The van der Waals surface area contributed by atoms with Gasteiger partial charge in [0.25, 0.3) is 5.56 Å². The lowest BCUT2D eigenvalue weighted by atomic mass is 9.86. The molecule has 1 aromatic heterocycles. The third-order valence-corrected chi connectivity index (χ3v) is 4.56. The number of hydrogen-bond donors (Lipinski definition) is 1. The highest BCUT2D eigenvalue weighted by Gasteiger charge is 2.33. The molecule has 1 aromatic carbocycles. The quantitative estimate of drug-likeness (QED) is 0.901. The molecule has 3 rings (SSSR count). The molecular weight excluding hydrogens is 334 g/mol. The van der Waals surface area contributed by atoms with Crippen molar-refractivity contribution in [1.82, 2.24) is 9.13 Å².